The number of rotatable bonds is 3. The molecule has 2 aliphatic rings. The van der Waals surface area contributed by atoms with Crippen LogP contribution in [0.2, 0.25) is 0 Å². The van der Waals surface area contributed by atoms with Gasteiger partial charge in [0.15, 0.2) is 5.43 Å². The maximum absolute atomic E-state index is 13.1. The molecule has 0 atom stereocenters. The number of hydrogen-bond donors (Lipinski definition) is 2. The Morgan fingerprint density at radius 1 is 0.923 bits per heavy atom. The second kappa shape index (κ2) is 6.13. The van der Waals surface area contributed by atoms with E-state index in [1.54, 1.807) is 6.07 Å². The molecular formula is C21H17N3O2. The van der Waals surface area contributed by atoms with Crippen molar-refractivity contribution in [2.45, 2.75) is 0 Å². The molecule has 5 nitrogen and oxygen atoms in total. The van der Waals surface area contributed by atoms with E-state index >= 15 is 0 Å². The van der Waals surface area contributed by atoms with Crippen LogP contribution >= 0.6 is 0 Å². The number of nitrogens with two attached hydrogens (primary N) is 1. The highest BCUT2D eigenvalue weighted by atomic mass is 16.1. The predicted molar refractivity (Wildman–Crippen MR) is 104 cm³/mol. The first-order valence-corrected chi connectivity index (χ1v) is 8.23. The van der Waals surface area contributed by atoms with Gasteiger partial charge in [0.2, 0.25) is 5.43 Å². The minimum Gasteiger partial charge on any atom is -0.343 e. The summed E-state index contributed by atoms with van der Waals surface area (Å²) in [5.74, 6) is 5.49. The second-order valence-corrected chi connectivity index (χ2v) is 6.14. The molecular weight excluding hydrogens is 326 g/mol. The molecule has 5 heteroatoms. The molecule has 0 aromatic heterocycles. The lowest BCUT2D eigenvalue weighted by Gasteiger charge is -2.22. The molecule has 26 heavy (non-hydrogen) atoms. The number of anilines is 2. The lowest BCUT2D eigenvalue weighted by molar-refractivity contribution is 1.02. The Morgan fingerprint density at radius 2 is 1.69 bits per heavy atom. The summed E-state index contributed by atoms with van der Waals surface area (Å²) < 4.78 is 0. The Labute approximate surface area is 148 Å². The number of hydrazine groups is 1. The number of para-hydroxylation sites is 1. The summed E-state index contributed by atoms with van der Waals surface area (Å²) in [5, 5.41) is 2.95. The molecule has 0 aliphatic heterocycles. The quantitative estimate of drug-likeness (QED) is 0.435. The Hall–Kier alpha value is -3.44. The summed E-state index contributed by atoms with van der Waals surface area (Å²) in [4.78, 5) is 27.5. The Bertz CT molecular complexity index is 1320. The number of benzene rings is 2. The minimum atomic E-state index is -0.324. The van der Waals surface area contributed by atoms with Gasteiger partial charge in [0.05, 0.1) is 16.1 Å². The van der Waals surface area contributed by atoms with Gasteiger partial charge < -0.3 is 10.3 Å². The summed E-state index contributed by atoms with van der Waals surface area (Å²) in [5.41, 5.74) is 3.49. The van der Waals surface area contributed by atoms with Crippen molar-refractivity contribution in [2.24, 2.45) is 5.84 Å². The molecule has 2 aromatic rings. The van der Waals surface area contributed by atoms with E-state index in [1.807, 2.05) is 60.5 Å². The van der Waals surface area contributed by atoms with Crippen LogP contribution in [0.1, 0.15) is 0 Å². The zero-order valence-corrected chi connectivity index (χ0v) is 14.2. The van der Waals surface area contributed by atoms with E-state index in [0.29, 0.717) is 16.1 Å². The van der Waals surface area contributed by atoms with Crippen LogP contribution in [0.15, 0.2) is 70.3 Å². The van der Waals surface area contributed by atoms with Crippen molar-refractivity contribution < 1.29 is 0 Å². The van der Waals surface area contributed by atoms with Crippen LogP contribution in [-0.4, -0.2) is 7.05 Å². The van der Waals surface area contributed by atoms with Crippen molar-refractivity contribution in [1.82, 2.24) is 5.43 Å². The first-order valence-electron chi connectivity index (χ1n) is 8.23. The summed E-state index contributed by atoms with van der Waals surface area (Å²) >= 11 is 0. The molecule has 0 spiro atoms. The zero-order valence-electron chi connectivity index (χ0n) is 14.2. The molecule has 0 radical (unpaired) electrons. The Morgan fingerprint density at radius 3 is 2.42 bits per heavy atom. The fourth-order valence-corrected chi connectivity index (χ4v) is 3.53. The Kier molecular flexibility index (Phi) is 3.78. The third-order valence-electron chi connectivity index (χ3n) is 4.70. The molecule has 2 aromatic carbocycles. The Balaban J connectivity index is 2.29. The van der Waals surface area contributed by atoms with Gasteiger partial charge in [-0.15, -0.1) is 0 Å². The number of nitrogens with zero attached hydrogens (tertiary/aromatic N) is 1. The first-order chi connectivity index (χ1) is 12.6. The highest BCUT2D eigenvalue weighted by molar-refractivity contribution is 5.87. The third kappa shape index (κ3) is 2.29. The molecule has 0 saturated carbocycles. The van der Waals surface area contributed by atoms with Crippen LogP contribution in [0.3, 0.4) is 0 Å². The predicted octanol–water partition coefficient (Wildman–Crippen LogP) is 1.41. The summed E-state index contributed by atoms with van der Waals surface area (Å²) in [7, 11) is 1.90. The molecule has 0 unspecified atom stereocenters. The van der Waals surface area contributed by atoms with Crippen LogP contribution < -0.4 is 32.2 Å². The fraction of sp³-hybridized carbons (Fsp3) is 0.0476. The van der Waals surface area contributed by atoms with Crippen molar-refractivity contribution >= 4 is 28.3 Å². The fourth-order valence-electron chi connectivity index (χ4n) is 3.53. The van der Waals surface area contributed by atoms with Gasteiger partial charge in [-0.1, -0.05) is 42.5 Å². The first kappa shape index (κ1) is 16.1. The van der Waals surface area contributed by atoms with Crippen LogP contribution in [0.4, 0.5) is 11.4 Å². The summed E-state index contributed by atoms with van der Waals surface area (Å²) in [6, 6.07) is 18.7. The van der Waals surface area contributed by atoms with Crippen molar-refractivity contribution in [2.75, 3.05) is 11.9 Å². The maximum atomic E-state index is 13.1. The molecule has 2 aliphatic carbocycles. The highest BCUT2D eigenvalue weighted by Crippen LogP contribution is 2.26. The van der Waals surface area contributed by atoms with Gasteiger partial charge in [-0.25, -0.2) is 0 Å². The molecule has 0 fully saturated rings. The molecule has 0 saturated heterocycles. The van der Waals surface area contributed by atoms with E-state index in [0.717, 1.165) is 16.5 Å². The van der Waals surface area contributed by atoms with Crippen LogP contribution in [0.5, 0.6) is 0 Å². The van der Waals surface area contributed by atoms with E-state index in [4.69, 9.17) is 5.84 Å². The SMILES string of the molecule is CN(c1ccccc1)c1/c(=C/NN)c(=O)c2c(=O)ccc3cccc1c3=2. The highest BCUT2D eigenvalue weighted by Gasteiger charge is 2.16. The van der Waals surface area contributed by atoms with E-state index < -0.39 is 0 Å². The van der Waals surface area contributed by atoms with Gasteiger partial charge in [0.25, 0.3) is 0 Å². The van der Waals surface area contributed by atoms with Gasteiger partial charge in [-0.2, -0.15) is 0 Å². The molecule has 128 valence electrons. The van der Waals surface area contributed by atoms with Crippen LogP contribution in [0.25, 0.3) is 17.0 Å². The molecule has 0 amide bonds. The van der Waals surface area contributed by atoms with Gasteiger partial charge >= 0.3 is 0 Å². The van der Waals surface area contributed by atoms with Gasteiger partial charge in [-0.05, 0) is 23.6 Å². The summed E-state index contributed by atoms with van der Waals surface area (Å²) in [6.07, 6.45) is 1.45. The lowest BCUT2D eigenvalue weighted by atomic mass is 9.99. The lowest BCUT2D eigenvalue weighted by Crippen LogP contribution is -2.37. The number of nitrogens with one attached hydrogen (secondary N) is 1. The van der Waals surface area contributed by atoms with E-state index in [2.05, 4.69) is 5.43 Å². The topological polar surface area (TPSA) is 75.4 Å². The van der Waals surface area contributed by atoms with E-state index in [-0.39, 0.29) is 16.1 Å². The smallest absolute Gasteiger partial charge is 0.201 e. The minimum absolute atomic E-state index is 0.199. The van der Waals surface area contributed by atoms with E-state index in [9.17, 15) is 9.59 Å². The average Bonchev–Trinajstić information content (AvgIpc) is 2.67. The van der Waals surface area contributed by atoms with Gasteiger partial charge in [0, 0.05) is 29.5 Å². The van der Waals surface area contributed by atoms with Crippen LogP contribution in [0, 0.1) is 10.4 Å². The van der Waals surface area contributed by atoms with Crippen molar-refractivity contribution in [1.29, 1.82) is 0 Å². The van der Waals surface area contributed by atoms with Crippen molar-refractivity contribution in [3.63, 3.8) is 0 Å². The van der Waals surface area contributed by atoms with Crippen molar-refractivity contribution in [3.8, 4) is 0 Å². The normalized spacial score (nSPS) is 12.0. The largest absolute Gasteiger partial charge is 0.343 e. The van der Waals surface area contributed by atoms with Gasteiger partial charge in [0.1, 0.15) is 0 Å². The number of hydrogen-bond acceptors (Lipinski definition) is 5. The summed E-state index contributed by atoms with van der Waals surface area (Å²) in [6.45, 7) is 0. The zero-order chi connectivity index (χ0) is 18.3. The maximum Gasteiger partial charge on any atom is 0.201 e. The molecule has 0 heterocycles. The standard InChI is InChI=1S/C21H17N3O2/c1-24(14-7-3-2-4-8-14)20-15-9-5-6-13-10-11-17(25)19(18(13)15)21(26)16(20)12-23-22/h2-12,23H,22H2,1H3/b16-12-. The van der Waals surface area contributed by atoms with Gasteiger partial charge in [-0.3, -0.25) is 15.4 Å². The van der Waals surface area contributed by atoms with E-state index in [1.165, 1.54) is 12.3 Å². The molecule has 4 rings (SSSR count). The average molecular weight is 343 g/mol. The van der Waals surface area contributed by atoms with Crippen molar-refractivity contribution in [3.05, 3.63) is 96.8 Å². The second-order valence-electron chi connectivity index (χ2n) is 6.14. The molecule has 3 N–H and O–H groups in total. The molecule has 0 bridgehead atoms. The monoisotopic (exact) mass is 343 g/mol. The van der Waals surface area contributed by atoms with Crippen LogP contribution in [-0.2, 0) is 0 Å². The third-order valence-corrected chi connectivity index (χ3v) is 4.70.